The molecule has 2 heterocycles. The minimum Gasteiger partial charge on any atom is -0.348 e. The zero-order valence-corrected chi connectivity index (χ0v) is 14.7. The second-order valence-corrected chi connectivity index (χ2v) is 6.26. The Labute approximate surface area is 155 Å². The average Bonchev–Trinajstić information content (AvgIpc) is 3.13. The minimum atomic E-state index is -0.273. The van der Waals surface area contributed by atoms with E-state index in [2.05, 4.69) is 15.4 Å². The van der Waals surface area contributed by atoms with Crippen molar-refractivity contribution in [3.05, 3.63) is 89.5 Å². The molecule has 4 rings (SSSR count). The van der Waals surface area contributed by atoms with Gasteiger partial charge in [0.05, 0.1) is 11.9 Å². The van der Waals surface area contributed by atoms with Gasteiger partial charge in [-0.1, -0.05) is 42.5 Å². The zero-order valence-electron chi connectivity index (χ0n) is 14.7. The summed E-state index contributed by atoms with van der Waals surface area (Å²) in [6.45, 7) is 2.00. The minimum absolute atomic E-state index is 0.259. The van der Waals surface area contributed by atoms with E-state index in [1.807, 2.05) is 36.4 Å². The zero-order chi connectivity index (χ0) is 18.8. The summed E-state index contributed by atoms with van der Waals surface area (Å²) in [5.74, 6) is -0.532. The third-order valence-electron chi connectivity index (χ3n) is 4.39. The molecule has 0 fully saturated rings. The number of benzene rings is 2. The summed E-state index contributed by atoms with van der Waals surface area (Å²) in [5.41, 5.74) is 4.11. The Morgan fingerprint density at radius 3 is 2.74 bits per heavy atom. The van der Waals surface area contributed by atoms with Crippen LogP contribution >= 0.6 is 0 Å². The summed E-state index contributed by atoms with van der Waals surface area (Å²) < 4.78 is 15.0. The first-order chi connectivity index (χ1) is 13.1. The molecule has 0 aliphatic carbocycles. The monoisotopic (exact) mass is 360 g/mol. The van der Waals surface area contributed by atoms with Crippen LogP contribution in [0.5, 0.6) is 0 Å². The van der Waals surface area contributed by atoms with E-state index in [1.165, 1.54) is 12.3 Å². The van der Waals surface area contributed by atoms with Gasteiger partial charge >= 0.3 is 0 Å². The van der Waals surface area contributed by atoms with Crippen LogP contribution in [-0.4, -0.2) is 20.5 Å². The Balaban J connectivity index is 1.60. The number of hydrogen-bond donors (Lipinski definition) is 1. The molecule has 134 valence electrons. The van der Waals surface area contributed by atoms with E-state index in [1.54, 1.807) is 29.8 Å². The van der Waals surface area contributed by atoms with Crippen LogP contribution < -0.4 is 5.32 Å². The van der Waals surface area contributed by atoms with Gasteiger partial charge in [0.15, 0.2) is 5.65 Å². The third-order valence-corrected chi connectivity index (χ3v) is 4.39. The number of carbonyl (C=O) groups is 1. The maximum atomic E-state index is 13.4. The van der Waals surface area contributed by atoms with Gasteiger partial charge in [-0.25, -0.2) is 13.9 Å². The van der Waals surface area contributed by atoms with Crippen molar-refractivity contribution in [1.82, 2.24) is 19.9 Å². The highest BCUT2D eigenvalue weighted by Gasteiger charge is 2.16. The summed E-state index contributed by atoms with van der Waals surface area (Å²) in [4.78, 5) is 16.9. The molecule has 0 spiro atoms. The van der Waals surface area contributed by atoms with Crippen LogP contribution in [-0.2, 0) is 6.54 Å². The number of fused-ring (bicyclic) bond motifs is 1. The topological polar surface area (TPSA) is 59.3 Å². The van der Waals surface area contributed by atoms with E-state index in [0.29, 0.717) is 23.3 Å². The number of halogens is 1. The molecule has 27 heavy (non-hydrogen) atoms. The Morgan fingerprint density at radius 1 is 1.15 bits per heavy atom. The lowest BCUT2D eigenvalue weighted by atomic mass is 10.1. The van der Waals surface area contributed by atoms with Crippen LogP contribution in [0.3, 0.4) is 0 Å². The first-order valence-corrected chi connectivity index (χ1v) is 8.55. The largest absolute Gasteiger partial charge is 0.348 e. The lowest BCUT2D eigenvalue weighted by Crippen LogP contribution is -2.23. The van der Waals surface area contributed by atoms with Gasteiger partial charge in [-0.2, -0.15) is 5.10 Å². The molecule has 2 aromatic heterocycles. The highest BCUT2D eigenvalue weighted by Crippen LogP contribution is 2.20. The smallest absolute Gasteiger partial charge is 0.257 e. The molecule has 2 aromatic carbocycles. The normalized spacial score (nSPS) is 10.9. The summed E-state index contributed by atoms with van der Waals surface area (Å²) >= 11 is 0. The van der Waals surface area contributed by atoms with Gasteiger partial charge in [-0.3, -0.25) is 4.79 Å². The number of amides is 1. The molecule has 0 aliphatic rings. The Kier molecular flexibility index (Phi) is 4.38. The molecule has 0 atom stereocenters. The van der Waals surface area contributed by atoms with Crippen molar-refractivity contribution in [1.29, 1.82) is 0 Å². The predicted octanol–water partition coefficient (Wildman–Crippen LogP) is 3.77. The van der Waals surface area contributed by atoms with Crippen molar-refractivity contribution >= 4 is 11.6 Å². The Bertz CT molecular complexity index is 1120. The number of aryl methyl sites for hydroxylation is 1. The summed E-state index contributed by atoms with van der Waals surface area (Å²) in [6, 6.07) is 16.4. The molecule has 0 aliphatic heterocycles. The maximum Gasteiger partial charge on any atom is 0.257 e. The molecule has 4 aromatic rings. The van der Waals surface area contributed by atoms with Crippen molar-refractivity contribution in [3.8, 4) is 11.3 Å². The maximum absolute atomic E-state index is 13.4. The van der Waals surface area contributed by atoms with Gasteiger partial charge in [0.1, 0.15) is 11.4 Å². The highest BCUT2D eigenvalue weighted by molar-refractivity contribution is 5.99. The number of nitrogens with one attached hydrogen (secondary N) is 1. The molecule has 0 saturated carbocycles. The first kappa shape index (κ1) is 16.9. The van der Waals surface area contributed by atoms with Gasteiger partial charge in [0, 0.05) is 18.3 Å². The summed E-state index contributed by atoms with van der Waals surface area (Å²) in [5, 5.41) is 7.19. The van der Waals surface area contributed by atoms with Crippen molar-refractivity contribution in [3.63, 3.8) is 0 Å². The highest BCUT2D eigenvalue weighted by atomic mass is 19.1. The molecule has 0 saturated heterocycles. The van der Waals surface area contributed by atoms with Crippen molar-refractivity contribution in [2.24, 2.45) is 0 Å². The van der Waals surface area contributed by atoms with E-state index in [9.17, 15) is 9.18 Å². The summed E-state index contributed by atoms with van der Waals surface area (Å²) in [6.07, 6.45) is 3.18. The number of rotatable bonds is 4. The van der Waals surface area contributed by atoms with E-state index >= 15 is 0 Å². The fourth-order valence-corrected chi connectivity index (χ4v) is 2.97. The van der Waals surface area contributed by atoms with Crippen LogP contribution in [0.25, 0.3) is 16.9 Å². The molecule has 0 radical (unpaired) electrons. The van der Waals surface area contributed by atoms with Crippen molar-refractivity contribution in [2.75, 3.05) is 0 Å². The second kappa shape index (κ2) is 6.99. The first-order valence-electron chi connectivity index (χ1n) is 8.55. The number of aromatic nitrogens is 3. The van der Waals surface area contributed by atoms with Gasteiger partial charge in [0.2, 0.25) is 0 Å². The van der Waals surface area contributed by atoms with Crippen molar-refractivity contribution < 1.29 is 9.18 Å². The molecule has 0 unspecified atom stereocenters. The fourth-order valence-electron chi connectivity index (χ4n) is 2.97. The molecule has 6 heteroatoms. The van der Waals surface area contributed by atoms with Crippen LogP contribution in [0.4, 0.5) is 4.39 Å². The standard InChI is InChI=1S/C21H17FN4O/c1-14-11-15(7-8-18(14)22)12-24-21(27)17-13-25-26-19(9-10-23-20(17)26)16-5-3-2-4-6-16/h2-11,13H,12H2,1H3,(H,24,27). The number of hydrogen-bond acceptors (Lipinski definition) is 3. The van der Waals surface area contributed by atoms with Crippen LogP contribution in [0.15, 0.2) is 67.0 Å². The van der Waals surface area contributed by atoms with Crippen LogP contribution in [0.1, 0.15) is 21.5 Å². The number of carbonyl (C=O) groups excluding carboxylic acids is 1. The van der Waals surface area contributed by atoms with Crippen molar-refractivity contribution in [2.45, 2.75) is 13.5 Å². The molecular weight excluding hydrogens is 343 g/mol. The van der Waals surface area contributed by atoms with Gasteiger partial charge in [-0.15, -0.1) is 0 Å². The lowest BCUT2D eigenvalue weighted by Gasteiger charge is -2.07. The quantitative estimate of drug-likeness (QED) is 0.603. The molecule has 5 nitrogen and oxygen atoms in total. The van der Waals surface area contributed by atoms with Gasteiger partial charge in [0.25, 0.3) is 5.91 Å². The molecule has 1 amide bonds. The fraction of sp³-hybridized carbons (Fsp3) is 0.0952. The third kappa shape index (κ3) is 3.29. The van der Waals surface area contributed by atoms with E-state index in [-0.39, 0.29) is 11.7 Å². The molecular formula is C21H17FN4O. The van der Waals surface area contributed by atoms with E-state index in [4.69, 9.17) is 0 Å². The van der Waals surface area contributed by atoms with Crippen LogP contribution in [0.2, 0.25) is 0 Å². The second-order valence-electron chi connectivity index (χ2n) is 6.26. The SMILES string of the molecule is Cc1cc(CNC(=O)c2cnn3c(-c4ccccc4)ccnc23)ccc1F. The molecule has 0 bridgehead atoms. The van der Waals surface area contributed by atoms with Gasteiger partial charge < -0.3 is 5.32 Å². The predicted molar refractivity (Wildman–Crippen MR) is 101 cm³/mol. The van der Waals surface area contributed by atoms with E-state index in [0.717, 1.165) is 16.8 Å². The number of nitrogens with zero attached hydrogens (tertiary/aromatic N) is 3. The Hall–Kier alpha value is -3.54. The Morgan fingerprint density at radius 2 is 1.96 bits per heavy atom. The average molecular weight is 360 g/mol. The summed E-state index contributed by atoms with van der Waals surface area (Å²) in [7, 11) is 0. The van der Waals surface area contributed by atoms with Gasteiger partial charge in [-0.05, 0) is 30.2 Å². The lowest BCUT2D eigenvalue weighted by molar-refractivity contribution is 0.0952. The van der Waals surface area contributed by atoms with E-state index < -0.39 is 0 Å². The molecule has 1 N–H and O–H groups in total. The van der Waals surface area contributed by atoms with Crippen LogP contribution in [0, 0.1) is 12.7 Å².